The van der Waals surface area contributed by atoms with Crippen molar-refractivity contribution in [1.29, 1.82) is 0 Å². The Labute approximate surface area is 176 Å². The van der Waals surface area contributed by atoms with Gasteiger partial charge in [0.15, 0.2) is 5.17 Å². The molecule has 5 nitrogen and oxygen atoms in total. The number of carbonyl (C=O) groups is 1. The molecule has 29 heavy (non-hydrogen) atoms. The Bertz CT molecular complexity index is 891. The second-order valence-corrected chi connectivity index (χ2v) is 8.42. The molecule has 0 saturated carbocycles. The highest BCUT2D eigenvalue weighted by Gasteiger charge is 2.30. The summed E-state index contributed by atoms with van der Waals surface area (Å²) in [7, 11) is 0. The summed E-state index contributed by atoms with van der Waals surface area (Å²) in [6.07, 6.45) is 3.27. The van der Waals surface area contributed by atoms with Crippen LogP contribution >= 0.6 is 11.8 Å². The molecule has 0 aromatic heterocycles. The molecule has 1 aliphatic rings. The molecule has 6 heteroatoms. The molecule has 152 valence electrons. The number of benzene rings is 2. The van der Waals surface area contributed by atoms with E-state index >= 15 is 0 Å². The number of hydrogen-bond donors (Lipinski definition) is 1. The van der Waals surface area contributed by atoms with Crippen LogP contribution in [0.25, 0.3) is 0 Å². The van der Waals surface area contributed by atoms with E-state index in [1.54, 1.807) is 6.21 Å². The maximum Gasteiger partial charge on any atom is 0.239 e. The van der Waals surface area contributed by atoms with Crippen LogP contribution in [0.3, 0.4) is 0 Å². The van der Waals surface area contributed by atoms with Gasteiger partial charge in [0.2, 0.25) is 5.91 Å². The highest BCUT2D eigenvalue weighted by Crippen LogP contribution is 2.24. The van der Waals surface area contributed by atoms with Crippen LogP contribution in [0.1, 0.15) is 49.8 Å². The number of nitrogens with zero attached hydrogens (tertiary/aromatic N) is 2. The minimum atomic E-state index is -0.186. The van der Waals surface area contributed by atoms with Crippen LogP contribution < -0.4 is 10.1 Å². The smallest absolute Gasteiger partial charge is 0.239 e. The topological polar surface area (TPSA) is 63.1 Å². The van der Waals surface area contributed by atoms with Crippen LogP contribution in [-0.2, 0) is 11.2 Å². The molecule has 0 bridgehead atoms. The normalized spacial score (nSPS) is 18.0. The molecular formula is C23H27N3O2S. The lowest BCUT2D eigenvalue weighted by atomic mass is 10.0. The number of rotatable bonds is 8. The quantitative estimate of drug-likeness (QED) is 0.505. The average molecular weight is 410 g/mol. The number of thioether (sulfide) groups is 1. The first-order valence-corrected chi connectivity index (χ1v) is 10.8. The van der Waals surface area contributed by atoms with E-state index in [1.807, 2.05) is 24.3 Å². The summed E-state index contributed by atoms with van der Waals surface area (Å²) in [6.45, 7) is 7.07. The minimum absolute atomic E-state index is 0.0245. The lowest BCUT2D eigenvalue weighted by molar-refractivity contribution is -0.118. The van der Waals surface area contributed by atoms with Crippen LogP contribution in [0.15, 0.2) is 58.7 Å². The minimum Gasteiger partial charge on any atom is -0.493 e. The van der Waals surface area contributed by atoms with Gasteiger partial charge in [-0.25, -0.2) is 0 Å². The van der Waals surface area contributed by atoms with Gasteiger partial charge in [-0.05, 0) is 42.0 Å². The van der Waals surface area contributed by atoms with E-state index in [0.29, 0.717) is 24.1 Å². The lowest BCUT2D eigenvalue weighted by Gasteiger charge is -2.08. The van der Waals surface area contributed by atoms with E-state index in [1.165, 1.54) is 17.3 Å². The number of hydrogen-bond acceptors (Lipinski definition) is 5. The van der Waals surface area contributed by atoms with E-state index in [9.17, 15) is 4.79 Å². The number of para-hydroxylation sites is 1. The number of amidine groups is 1. The van der Waals surface area contributed by atoms with Gasteiger partial charge in [-0.2, -0.15) is 5.10 Å². The molecule has 0 aliphatic carbocycles. The molecule has 1 heterocycles. The Hall–Kier alpha value is -2.60. The number of amides is 1. The number of carbonyl (C=O) groups excluding carboxylic acids is 1. The van der Waals surface area contributed by atoms with Gasteiger partial charge in [0.05, 0.1) is 18.1 Å². The molecule has 2 aromatic rings. The fourth-order valence-corrected chi connectivity index (χ4v) is 3.88. The second kappa shape index (κ2) is 10.3. The van der Waals surface area contributed by atoms with Crippen LogP contribution in [0.2, 0.25) is 0 Å². The van der Waals surface area contributed by atoms with Crippen molar-refractivity contribution in [2.45, 2.75) is 44.8 Å². The van der Waals surface area contributed by atoms with E-state index in [-0.39, 0.29) is 11.2 Å². The fraction of sp³-hybridized carbons (Fsp3) is 0.348. The highest BCUT2D eigenvalue weighted by atomic mass is 32.2. The summed E-state index contributed by atoms with van der Waals surface area (Å²) in [5.41, 5.74) is 3.31. The van der Waals surface area contributed by atoms with Crippen molar-refractivity contribution in [3.63, 3.8) is 0 Å². The third-order valence-corrected chi connectivity index (χ3v) is 5.64. The number of ether oxygens (including phenoxy) is 1. The van der Waals surface area contributed by atoms with Gasteiger partial charge in [-0.15, -0.1) is 5.10 Å². The van der Waals surface area contributed by atoms with Gasteiger partial charge in [0.1, 0.15) is 5.75 Å². The van der Waals surface area contributed by atoms with Gasteiger partial charge in [0.25, 0.3) is 0 Å². The van der Waals surface area contributed by atoms with Crippen LogP contribution in [-0.4, -0.2) is 29.1 Å². The van der Waals surface area contributed by atoms with Crippen molar-refractivity contribution >= 4 is 29.1 Å². The average Bonchev–Trinajstić information content (AvgIpc) is 3.06. The van der Waals surface area contributed by atoms with E-state index < -0.39 is 0 Å². The highest BCUT2D eigenvalue weighted by molar-refractivity contribution is 8.15. The van der Waals surface area contributed by atoms with Crippen molar-refractivity contribution < 1.29 is 9.53 Å². The summed E-state index contributed by atoms with van der Waals surface area (Å²) >= 11 is 1.42. The molecule has 1 aliphatic heterocycles. The largest absolute Gasteiger partial charge is 0.493 e. The van der Waals surface area contributed by atoms with E-state index in [0.717, 1.165) is 23.3 Å². The van der Waals surface area contributed by atoms with Crippen LogP contribution in [0.5, 0.6) is 5.75 Å². The Morgan fingerprint density at radius 3 is 2.66 bits per heavy atom. The predicted octanol–water partition coefficient (Wildman–Crippen LogP) is 4.76. The van der Waals surface area contributed by atoms with Crippen LogP contribution in [0.4, 0.5) is 0 Å². The van der Waals surface area contributed by atoms with Crippen molar-refractivity contribution in [2.75, 3.05) is 6.61 Å². The maximum absolute atomic E-state index is 12.3. The summed E-state index contributed by atoms with van der Waals surface area (Å²) in [5.74, 6) is 1.26. The summed E-state index contributed by atoms with van der Waals surface area (Å²) in [6, 6.07) is 16.2. The summed E-state index contributed by atoms with van der Waals surface area (Å²) in [5, 5.41) is 11.5. The van der Waals surface area contributed by atoms with E-state index in [4.69, 9.17) is 4.74 Å². The Balaban J connectivity index is 1.61. The SMILES string of the molecule is CCCOc1ccccc1/C=N\N=C1\NC(=O)[C@@H](Cc2ccc(C(C)C)cc2)S1. The zero-order chi connectivity index (χ0) is 20.6. The summed E-state index contributed by atoms with van der Waals surface area (Å²) in [4.78, 5) is 12.3. The van der Waals surface area contributed by atoms with Gasteiger partial charge >= 0.3 is 0 Å². The molecule has 0 spiro atoms. The second-order valence-electron chi connectivity index (χ2n) is 7.23. The van der Waals surface area contributed by atoms with Crippen molar-refractivity contribution in [3.8, 4) is 5.75 Å². The first-order chi connectivity index (χ1) is 14.1. The van der Waals surface area contributed by atoms with Crippen molar-refractivity contribution in [1.82, 2.24) is 5.32 Å². The van der Waals surface area contributed by atoms with Crippen molar-refractivity contribution in [3.05, 3.63) is 65.2 Å². The zero-order valence-electron chi connectivity index (χ0n) is 17.1. The molecular weight excluding hydrogens is 382 g/mol. The van der Waals surface area contributed by atoms with Gasteiger partial charge < -0.3 is 10.1 Å². The molecule has 0 unspecified atom stereocenters. The van der Waals surface area contributed by atoms with Gasteiger partial charge in [0, 0.05) is 5.56 Å². The Kier molecular flexibility index (Phi) is 7.47. The molecule has 1 saturated heterocycles. The maximum atomic E-state index is 12.3. The van der Waals surface area contributed by atoms with Crippen molar-refractivity contribution in [2.24, 2.45) is 10.2 Å². The molecule has 0 radical (unpaired) electrons. The first-order valence-electron chi connectivity index (χ1n) is 9.96. The monoisotopic (exact) mass is 409 g/mol. The fourth-order valence-electron chi connectivity index (χ4n) is 2.91. The van der Waals surface area contributed by atoms with Gasteiger partial charge in [-0.1, -0.05) is 68.9 Å². The third-order valence-electron chi connectivity index (χ3n) is 4.57. The molecule has 1 fully saturated rings. The lowest BCUT2D eigenvalue weighted by Crippen LogP contribution is -2.25. The summed E-state index contributed by atoms with van der Waals surface area (Å²) < 4.78 is 5.72. The molecule has 2 aromatic carbocycles. The molecule has 1 atom stereocenters. The molecule has 1 amide bonds. The third kappa shape index (κ3) is 5.94. The number of nitrogens with one attached hydrogen (secondary N) is 1. The van der Waals surface area contributed by atoms with Crippen LogP contribution in [0, 0.1) is 0 Å². The first kappa shape index (κ1) is 21.1. The Morgan fingerprint density at radius 2 is 1.93 bits per heavy atom. The predicted molar refractivity (Wildman–Crippen MR) is 121 cm³/mol. The zero-order valence-corrected chi connectivity index (χ0v) is 17.9. The van der Waals surface area contributed by atoms with E-state index in [2.05, 4.69) is 60.6 Å². The Morgan fingerprint density at radius 1 is 1.17 bits per heavy atom. The van der Waals surface area contributed by atoms with Gasteiger partial charge in [-0.3, -0.25) is 4.79 Å². The standard InChI is InChI=1S/C23H27N3O2S/c1-4-13-28-20-8-6-5-7-19(20)15-24-26-23-25-22(27)21(29-23)14-17-9-11-18(12-10-17)16(2)3/h5-12,15-16,21H,4,13-14H2,1-3H3,(H,25,26,27)/b24-15-/t21-/m1/s1. The molecule has 3 rings (SSSR count). The molecule has 1 N–H and O–H groups in total.